The number of ether oxygens (including phenoxy) is 1. The molecule has 0 bridgehead atoms. The summed E-state index contributed by atoms with van der Waals surface area (Å²) < 4.78 is 5.50. The number of amides is 1. The van der Waals surface area contributed by atoms with Crippen molar-refractivity contribution in [1.29, 1.82) is 0 Å². The van der Waals surface area contributed by atoms with Gasteiger partial charge in [-0.1, -0.05) is 0 Å². The number of rotatable bonds is 3. The summed E-state index contributed by atoms with van der Waals surface area (Å²) >= 11 is 3.09. The van der Waals surface area contributed by atoms with Gasteiger partial charge in [-0.2, -0.15) is 0 Å². The van der Waals surface area contributed by atoms with Crippen molar-refractivity contribution in [2.45, 2.75) is 12.5 Å². The molecule has 0 radical (unpaired) electrons. The molecule has 1 N–H and O–H groups in total. The second kappa shape index (κ2) is 5.14. The fourth-order valence-corrected chi connectivity index (χ4v) is 1.30. The zero-order valence-corrected chi connectivity index (χ0v) is 8.71. The minimum absolute atomic E-state index is 0.123. The van der Waals surface area contributed by atoms with Crippen LogP contribution < -0.4 is 5.32 Å². The lowest BCUT2D eigenvalue weighted by atomic mass is 10.2. The van der Waals surface area contributed by atoms with Crippen molar-refractivity contribution in [2.24, 2.45) is 4.99 Å². The van der Waals surface area contributed by atoms with E-state index in [9.17, 15) is 4.79 Å². The Morgan fingerprint density at radius 1 is 1.77 bits per heavy atom. The smallest absolute Gasteiger partial charge is 0.260 e. The van der Waals surface area contributed by atoms with Crippen molar-refractivity contribution >= 4 is 28.6 Å². The van der Waals surface area contributed by atoms with Gasteiger partial charge in [-0.05, 0) is 29.1 Å². The number of nitrogens with zero attached hydrogens (tertiary/aromatic N) is 1. The fourth-order valence-electron chi connectivity index (χ4n) is 1.04. The van der Waals surface area contributed by atoms with E-state index in [1.807, 2.05) is 0 Å². The van der Waals surface area contributed by atoms with Crippen LogP contribution in [0.5, 0.6) is 0 Å². The third kappa shape index (κ3) is 3.28. The SMILES string of the molecule is C=N/C=C(/Br)C(=O)NC1CCOC1. The summed E-state index contributed by atoms with van der Waals surface area (Å²) in [7, 11) is 0. The zero-order chi connectivity index (χ0) is 9.68. The lowest BCUT2D eigenvalue weighted by molar-refractivity contribution is -0.117. The van der Waals surface area contributed by atoms with E-state index in [0.29, 0.717) is 17.7 Å². The first-order valence-electron chi connectivity index (χ1n) is 3.94. The van der Waals surface area contributed by atoms with Crippen LogP contribution in [0, 0.1) is 0 Å². The number of carbonyl (C=O) groups is 1. The van der Waals surface area contributed by atoms with Crippen molar-refractivity contribution in [3.05, 3.63) is 10.7 Å². The van der Waals surface area contributed by atoms with Crippen molar-refractivity contribution in [1.82, 2.24) is 5.32 Å². The molecule has 1 rings (SSSR count). The van der Waals surface area contributed by atoms with Crippen molar-refractivity contribution in [2.75, 3.05) is 13.2 Å². The summed E-state index contributed by atoms with van der Waals surface area (Å²) in [5, 5.41) is 2.80. The van der Waals surface area contributed by atoms with Gasteiger partial charge < -0.3 is 10.1 Å². The summed E-state index contributed by atoms with van der Waals surface area (Å²) in [6.07, 6.45) is 2.23. The maximum Gasteiger partial charge on any atom is 0.260 e. The number of hydrogen-bond acceptors (Lipinski definition) is 3. The first-order valence-corrected chi connectivity index (χ1v) is 4.73. The molecule has 0 aliphatic carbocycles. The number of hydrogen-bond donors (Lipinski definition) is 1. The third-order valence-corrected chi connectivity index (χ3v) is 2.25. The predicted octanol–water partition coefficient (Wildman–Crippen LogP) is 0.828. The summed E-state index contributed by atoms with van der Waals surface area (Å²) in [6, 6.07) is 0.123. The van der Waals surface area contributed by atoms with Gasteiger partial charge in [0.1, 0.15) is 4.48 Å². The molecule has 1 amide bonds. The van der Waals surface area contributed by atoms with Crippen LogP contribution in [0.15, 0.2) is 15.7 Å². The minimum Gasteiger partial charge on any atom is -0.379 e. The standard InChI is InChI=1S/C8H11BrN2O2/c1-10-4-7(9)8(12)11-6-2-3-13-5-6/h4,6H,1-3,5H2,(H,11,12)/b7-4+. The summed E-state index contributed by atoms with van der Waals surface area (Å²) in [6.45, 7) is 4.56. The molecule has 1 unspecified atom stereocenters. The van der Waals surface area contributed by atoms with E-state index < -0.39 is 0 Å². The Kier molecular flexibility index (Phi) is 4.11. The van der Waals surface area contributed by atoms with E-state index in [1.165, 1.54) is 6.20 Å². The molecule has 1 fully saturated rings. The minimum atomic E-state index is -0.178. The Labute approximate surface area is 85.2 Å². The molecule has 1 aliphatic rings. The molecule has 4 nitrogen and oxygen atoms in total. The van der Waals surface area contributed by atoms with Crippen LogP contribution >= 0.6 is 15.9 Å². The van der Waals surface area contributed by atoms with Gasteiger partial charge in [-0.15, -0.1) is 0 Å². The van der Waals surface area contributed by atoms with Crippen LogP contribution in [0.4, 0.5) is 0 Å². The van der Waals surface area contributed by atoms with E-state index in [4.69, 9.17) is 4.74 Å². The van der Waals surface area contributed by atoms with Crippen molar-refractivity contribution in [3.63, 3.8) is 0 Å². The highest BCUT2D eigenvalue weighted by Gasteiger charge is 2.18. The van der Waals surface area contributed by atoms with E-state index >= 15 is 0 Å². The predicted molar refractivity (Wildman–Crippen MR) is 53.9 cm³/mol. The quantitative estimate of drug-likeness (QED) is 0.593. The molecule has 5 heteroatoms. The maximum atomic E-state index is 11.3. The molecule has 1 saturated heterocycles. The first-order chi connectivity index (χ1) is 6.24. The van der Waals surface area contributed by atoms with Crippen LogP contribution in [0.25, 0.3) is 0 Å². The molecule has 13 heavy (non-hydrogen) atoms. The van der Waals surface area contributed by atoms with Gasteiger partial charge in [-0.25, -0.2) is 0 Å². The summed E-state index contributed by atoms with van der Waals surface area (Å²) in [5.41, 5.74) is 0. The number of carbonyl (C=O) groups excluding carboxylic acids is 1. The number of aliphatic imine (C=N–C) groups is 1. The van der Waals surface area contributed by atoms with Gasteiger partial charge in [0, 0.05) is 12.8 Å². The van der Waals surface area contributed by atoms with Gasteiger partial charge in [0.2, 0.25) is 0 Å². The van der Waals surface area contributed by atoms with Gasteiger partial charge in [-0.3, -0.25) is 9.79 Å². The Hall–Kier alpha value is -0.680. The molecule has 0 aromatic rings. The summed E-state index contributed by atoms with van der Waals surface area (Å²) in [4.78, 5) is 14.8. The molecule has 1 aliphatic heterocycles. The molecule has 0 aromatic heterocycles. The average molecular weight is 247 g/mol. The van der Waals surface area contributed by atoms with Gasteiger partial charge in [0.25, 0.3) is 5.91 Å². The molecular weight excluding hydrogens is 236 g/mol. The first kappa shape index (κ1) is 10.4. The molecular formula is C8H11BrN2O2. The fraction of sp³-hybridized carbons (Fsp3) is 0.500. The van der Waals surface area contributed by atoms with E-state index in [2.05, 4.69) is 33.0 Å². The Morgan fingerprint density at radius 3 is 3.08 bits per heavy atom. The van der Waals surface area contributed by atoms with Gasteiger partial charge in [0.05, 0.1) is 12.6 Å². The zero-order valence-electron chi connectivity index (χ0n) is 7.12. The van der Waals surface area contributed by atoms with E-state index in [1.54, 1.807) is 0 Å². The van der Waals surface area contributed by atoms with E-state index in [-0.39, 0.29) is 11.9 Å². The van der Waals surface area contributed by atoms with Crippen LogP contribution in [-0.4, -0.2) is 31.9 Å². The monoisotopic (exact) mass is 246 g/mol. The Bertz CT molecular complexity index is 234. The highest BCUT2D eigenvalue weighted by molar-refractivity contribution is 9.12. The molecule has 72 valence electrons. The average Bonchev–Trinajstić information content (AvgIpc) is 2.57. The summed E-state index contributed by atoms with van der Waals surface area (Å²) in [5.74, 6) is -0.178. The largest absolute Gasteiger partial charge is 0.379 e. The molecule has 1 heterocycles. The maximum absolute atomic E-state index is 11.3. The van der Waals surface area contributed by atoms with Crippen LogP contribution in [0.1, 0.15) is 6.42 Å². The molecule has 0 saturated carbocycles. The normalized spacial score (nSPS) is 22.8. The van der Waals surface area contributed by atoms with Crippen LogP contribution in [0.3, 0.4) is 0 Å². The lowest BCUT2D eigenvalue weighted by Crippen LogP contribution is -2.34. The second-order valence-electron chi connectivity index (χ2n) is 2.69. The van der Waals surface area contributed by atoms with Crippen LogP contribution in [0.2, 0.25) is 0 Å². The number of halogens is 1. The Morgan fingerprint density at radius 2 is 2.54 bits per heavy atom. The molecule has 1 atom stereocenters. The number of nitrogens with one attached hydrogen (secondary N) is 1. The van der Waals surface area contributed by atoms with Gasteiger partial charge >= 0.3 is 0 Å². The highest BCUT2D eigenvalue weighted by Crippen LogP contribution is 2.08. The van der Waals surface area contributed by atoms with Crippen molar-refractivity contribution in [3.8, 4) is 0 Å². The Balaban J connectivity index is 2.39. The third-order valence-electron chi connectivity index (χ3n) is 1.69. The lowest BCUT2D eigenvalue weighted by Gasteiger charge is -2.08. The van der Waals surface area contributed by atoms with E-state index in [0.717, 1.165) is 6.42 Å². The molecule has 0 aromatic carbocycles. The molecule has 0 spiro atoms. The second-order valence-corrected chi connectivity index (χ2v) is 3.55. The van der Waals surface area contributed by atoms with Crippen molar-refractivity contribution < 1.29 is 9.53 Å². The topological polar surface area (TPSA) is 50.7 Å². The van der Waals surface area contributed by atoms with Crippen LogP contribution in [-0.2, 0) is 9.53 Å². The highest BCUT2D eigenvalue weighted by atomic mass is 79.9. The van der Waals surface area contributed by atoms with Gasteiger partial charge in [0.15, 0.2) is 0 Å².